The molecule has 0 bridgehead atoms. The molecule has 0 radical (unpaired) electrons. The van der Waals surface area contributed by atoms with Crippen LogP contribution in [0.15, 0.2) is 24.3 Å². The molecule has 1 aliphatic rings. The van der Waals surface area contributed by atoms with Crippen molar-refractivity contribution in [3.8, 4) is 0 Å². The minimum Gasteiger partial charge on any atom is -0.391 e. The van der Waals surface area contributed by atoms with Gasteiger partial charge in [-0.2, -0.15) is 13.2 Å². The van der Waals surface area contributed by atoms with Crippen LogP contribution in [-0.4, -0.2) is 23.7 Å². The van der Waals surface area contributed by atoms with Crippen molar-refractivity contribution in [2.24, 2.45) is 11.8 Å². The number of alkyl halides is 3. The van der Waals surface area contributed by atoms with Gasteiger partial charge >= 0.3 is 6.18 Å². The summed E-state index contributed by atoms with van der Waals surface area (Å²) >= 11 is 0. The van der Waals surface area contributed by atoms with E-state index in [4.69, 9.17) is 0 Å². The van der Waals surface area contributed by atoms with Crippen LogP contribution in [0.3, 0.4) is 0 Å². The third-order valence-corrected chi connectivity index (χ3v) is 4.58. The normalized spacial score (nSPS) is 23.2. The molecule has 0 aliphatic heterocycles. The van der Waals surface area contributed by atoms with Gasteiger partial charge in [0.2, 0.25) is 5.91 Å². The largest absolute Gasteiger partial charge is 0.416 e. The second-order valence-corrected chi connectivity index (χ2v) is 6.27. The van der Waals surface area contributed by atoms with Gasteiger partial charge in [0, 0.05) is 12.5 Å². The second kappa shape index (κ2) is 6.91. The summed E-state index contributed by atoms with van der Waals surface area (Å²) in [6, 6.07) is 4.98. The fourth-order valence-electron chi connectivity index (χ4n) is 2.58. The Balaban J connectivity index is 1.86. The van der Waals surface area contributed by atoms with E-state index in [9.17, 15) is 23.1 Å². The third kappa shape index (κ3) is 4.47. The molecule has 1 fully saturated rings. The van der Waals surface area contributed by atoms with Crippen LogP contribution in [0.1, 0.15) is 43.7 Å². The molecule has 0 heterocycles. The zero-order chi connectivity index (χ0) is 17.2. The highest BCUT2D eigenvalue weighted by molar-refractivity contribution is 5.82. The van der Waals surface area contributed by atoms with Gasteiger partial charge < -0.3 is 10.4 Å². The molecule has 1 aromatic carbocycles. The van der Waals surface area contributed by atoms with Crippen molar-refractivity contribution in [3.63, 3.8) is 0 Å². The molecule has 0 saturated heterocycles. The Hall–Kier alpha value is -1.56. The molecule has 2 N–H and O–H groups in total. The zero-order valence-electron chi connectivity index (χ0n) is 13.2. The standard InChI is InChI=1S/C17H22F3NO2/c1-3-10(2)15(22)9-21-16(23)14-8-13(14)11-4-6-12(7-5-11)17(18,19)20/h4-7,10,13-15,22H,3,8-9H2,1-2H3,(H,21,23). The Morgan fingerprint density at radius 2 is 1.96 bits per heavy atom. The van der Waals surface area contributed by atoms with Crippen LogP contribution in [0.2, 0.25) is 0 Å². The van der Waals surface area contributed by atoms with Crippen LogP contribution in [0.4, 0.5) is 13.2 Å². The zero-order valence-corrected chi connectivity index (χ0v) is 13.2. The van der Waals surface area contributed by atoms with E-state index in [1.165, 1.54) is 12.1 Å². The molecule has 0 aromatic heterocycles. The lowest BCUT2D eigenvalue weighted by molar-refractivity contribution is -0.137. The van der Waals surface area contributed by atoms with Crippen molar-refractivity contribution in [1.29, 1.82) is 0 Å². The van der Waals surface area contributed by atoms with Gasteiger partial charge in [-0.15, -0.1) is 0 Å². The molecule has 1 aromatic rings. The molecule has 3 nitrogen and oxygen atoms in total. The minimum atomic E-state index is -4.34. The summed E-state index contributed by atoms with van der Waals surface area (Å²) in [5, 5.41) is 12.6. The van der Waals surface area contributed by atoms with Crippen LogP contribution in [-0.2, 0) is 11.0 Å². The van der Waals surface area contributed by atoms with Crippen molar-refractivity contribution < 1.29 is 23.1 Å². The monoisotopic (exact) mass is 329 g/mol. The maximum Gasteiger partial charge on any atom is 0.416 e. The first-order chi connectivity index (χ1) is 10.7. The second-order valence-electron chi connectivity index (χ2n) is 6.27. The molecule has 0 spiro atoms. The molecule has 1 saturated carbocycles. The Labute approximate surface area is 133 Å². The summed E-state index contributed by atoms with van der Waals surface area (Å²) in [5.74, 6) is -0.272. The van der Waals surface area contributed by atoms with Gasteiger partial charge in [0.05, 0.1) is 11.7 Å². The van der Waals surface area contributed by atoms with Crippen molar-refractivity contribution >= 4 is 5.91 Å². The lowest BCUT2D eigenvalue weighted by Gasteiger charge is -2.17. The summed E-state index contributed by atoms with van der Waals surface area (Å²) in [4.78, 5) is 12.0. The molecule has 6 heteroatoms. The number of nitrogens with one attached hydrogen (secondary N) is 1. The summed E-state index contributed by atoms with van der Waals surface area (Å²) in [6.45, 7) is 4.10. The number of rotatable bonds is 6. The van der Waals surface area contributed by atoms with Crippen LogP contribution in [0, 0.1) is 11.8 Å². The molecular weight excluding hydrogens is 307 g/mol. The molecule has 1 amide bonds. The molecule has 128 valence electrons. The quantitative estimate of drug-likeness (QED) is 0.841. The molecule has 1 aliphatic carbocycles. The Bertz CT molecular complexity index is 542. The summed E-state index contributed by atoms with van der Waals surface area (Å²) in [6.07, 6.45) is -3.46. The van der Waals surface area contributed by atoms with Crippen molar-refractivity contribution in [3.05, 3.63) is 35.4 Å². The first-order valence-electron chi connectivity index (χ1n) is 7.87. The number of aliphatic hydroxyl groups is 1. The van der Waals surface area contributed by atoms with Gasteiger partial charge in [-0.1, -0.05) is 32.4 Å². The first-order valence-corrected chi connectivity index (χ1v) is 7.87. The maximum atomic E-state index is 12.5. The number of carbonyl (C=O) groups is 1. The highest BCUT2D eigenvalue weighted by Gasteiger charge is 2.44. The Morgan fingerprint density at radius 3 is 2.48 bits per heavy atom. The van der Waals surface area contributed by atoms with Crippen molar-refractivity contribution in [2.75, 3.05) is 6.54 Å². The Kier molecular flexibility index (Phi) is 5.34. The minimum absolute atomic E-state index is 0.0296. The first kappa shape index (κ1) is 17.8. The van der Waals surface area contributed by atoms with Crippen LogP contribution in [0.5, 0.6) is 0 Å². The molecule has 2 rings (SSSR count). The van der Waals surface area contributed by atoms with E-state index in [2.05, 4.69) is 5.32 Å². The fraction of sp³-hybridized carbons (Fsp3) is 0.588. The molecule has 23 heavy (non-hydrogen) atoms. The van der Waals surface area contributed by atoms with Crippen molar-refractivity contribution in [1.82, 2.24) is 5.32 Å². The maximum absolute atomic E-state index is 12.5. The van der Waals surface area contributed by atoms with E-state index in [1.54, 1.807) is 0 Å². The van der Waals surface area contributed by atoms with E-state index in [1.807, 2.05) is 13.8 Å². The summed E-state index contributed by atoms with van der Waals surface area (Å²) < 4.78 is 37.6. The smallest absolute Gasteiger partial charge is 0.391 e. The van der Waals surface area contributed by atoms with Gasteiger partial charge in [-0.05, 0) is 36.0 Å². The van der Waals surface area contributed by atoms with Crippen molar-refractivity contribution in [2.45, 2.75) is 44.9 Å². The van der Waals surface area contributed by atoms with Gasteiger partial charge in [-0.25, -0.2) is 0 Å². The van der Waals surface area contributed by atoms with Gasteiger partial charge in [0.15, 0.2) is 0 Å². The lowest BCUT2D eigenvalue weighted by atomic mass is 10.0. The highest BCUT2D eigenvalue weighted by atomic mass is 19.4. The van der Waals surface area contributed by atoms with Gasteiger partial charge in [0.25, 0.3) is 0 Å². The highest BCUT2D eigenvalue weighted by Crippen LogP contribution is 2.47. The average molecular weight is 329 g/mol. The predicted molar refractivity (Wildman–Crippen MR) is 80.8 cm³/mol. The Morgan fingerprint density at radius 1 is 1.35 bits per heavy atom. The SMILES string of the molecule is CCC(C)C(O)CNC(=O)C1CC1c1ccc(C(F)(F)F)cc1. The van der Waals surface area contributed by atoms with E-state index in [-0.39, 0.29) is 30.2 Å². The summed E-state index contributed by atoms with van der Waals surface area (Å²) in [7, 11) is 0. The number of benzene rings is 1. The number of aliphatic hydroxyl groups excluding tert-OH is 1. The van der Waals surface area contributed by atoms with E-state index in [0.717, 1.165) is 24.1 Å². The number of amides is 1. The fourth-order valence-corrected chi connectivity index (χ4v) is 2.58. The predicted octanol–water partition coefficient (Wildman–Crippen LogP) is 3.33. The average Bonchev–Trinajstić information content (AvgIpc) is 3.31. The number of carbonyl (C=O) groups excluding carboxylic acids is 1. The molecule has 4 atom stereocenters. The summed E-state index contributed by atoms with van der Waals surface area (Å²) in [5.41, 5.74) is 0.0696. The van der Waals surface area contributed by atoms with Gasteiger partial charge in [-0.3, -0.25) is 4.79 Å². The van der Waals surface area contributed by atoms with E-state index >= 15 is 0 Å². The number of hydrogen-bond acceptors (Lipinski definition) is 2. The van der Waals surface area contributed by atoms with E-state index in [0.29, 0.717) is 6.42 Å². The number of halogens is 3. The third-order valence-electron chi connectivity index (χ3n) is 4.58. The van der Waals surface area contributed by atoms with Crippen LogP contribution < -0.4 is 5.32 Å². The topological polar surface area (TPSA) is 49.3 Å². The molecular formula is C17H22F3NO2. The van der Waals surface area contributed by atoms with Crippen LogP contribution >= 0.6 is 0 Å². The number of hydrogen-bond donors (Lipinski definition) is 2. The van der Waals surface area contributed by atoms with E-state index < -0.39 is 17.8 Å². The van der Waals surface area contributed by atoms with Crippen LogP contribution in [0.25, 0.3) is 0 Å². The van der Waals surface area contributed by atoms with Gasteiger partial charge in [0.1, 0.15) is 0 Å². The lowest BCUT2D eigenvalue weighted by Crippen LogP contribution is -2.36. The molecule has 4 unspecified atom stereocenters.